The zero-order valence-electron chi connectivity index (χ0n) is 7.00. The van der Waals surface area contributed by atoms with Crippen LogP contribution < -0.4 is 0 Å². The Morgan fingerprint density at radius 1 is 1.50 bits per heavy atom. The molecule has 1 rings (SSSR count). The average molecular weight is 206 g/mol. The lowest BCUT2D eigenvalue weighted by atomic mass is 10.2. The van der Waals surface area contributed by atoms with E-state index in [4.69, 9.17) is 0 Å². The van der Waals surface area contributed by atoms with Gasteiger partial charge in [0, 0.05) is 6.07 Å². The molecule has 0 aliphatic rings. The first kappa shape index (κ1) is 10.4. The fraction of sp³-hybridized carbons (Fsp3) is 0.286. The maximum absolute atomic E-state index is 12.1. The standard InChI is InChI=1S/C7H5F3N2O2/c1-4-2-5(12(13)14)3-11-6(4)7(8,9)10/h2-3H,1H3. The molecule has 0 spiro atoms. The first-order chi connectivity index (χ1) is 6.32. The molecule has 0 aromatic carbocycles. The van der Waals surface area contributed by atoms with Gasteiger partial charge in [0.2, 0.25) is 0 Å². The van der Waals surface area contributed by atoms with E-state index in [1.165, 1.54) is 0 Å². The molecule has 7 heteroatoms. The van der Waals surface area contributed by atoms with Crippen LogP contribution in [0, 0.1) is 17.0 Å². The average Bonchev–Trinajstić information content (AvgIpc) is 2.01. The van der Waals surface area contributed by atoms with Crippen molar-refractivity contribution in [3.63, 3.8) is 0 Å². The number of aryl methyl sites for hydroxylation is 1. The first-order valence-electron chi connectivity index (χ1n) is 3.50. The quantitative estimate of drug-likeness (QED) is 0.523. The van der Waals surface area contributed by atoms with Gasteiger partial charge in [-0.05, 0) is 12.5 Å². The van der Waals surface area contributed by atoms with E-state index < -0.39 is 22.5 Å². The zero-order chi connectivity index (χ0) is 10.9. The van der Waals surface area contributed by atoms with E-state index in [1.54, 1.807) is 0 Å². The zero-order valence-corrected chi connectivity index (χ0v) is 7.00. The SMILES string of the molecule is Cc1cc([N+](=O)[O-])cnc1C(F)(F)F. The van der Waals surface area contributed by atoms with Crippen molar-refractivity contribution in [1.82, 2.24) is 4.98 Å². The molecule has 0 aliphatic heterocycles. The van der Waals surface area contributed by atoms with E-state index in [0.29, 0.717) is 6.20 Å². The summed E-state index contributed by atoms with van der Waals surface area (Å²) in [6, 6.07) is 0.843. The van der Waals surface area contributed by atoms with Crippen molar-refractivity contribution in [2.24, 2.45) is 0 Å². The van der Waals surface area contributed by atoms with Crippen molar-refractivity contribution in [1.29, 1.82) is 0 Å². The highest BCUT2D eigenvalue weighted by molar-refractivity contribution is 5.34. The lowest BCUT2D eigenvalue weighted by molar-refractivity contribution is -0.385. The highest BCUT2D eigenvalue weighted by atomic mass is 19.4. The summed E-state index contributed by atoms with van der Waals surface area (Å²) in [5.74, 6) is 0. The molecule has 0 atom stereocenters. The van der Waals surface area contributed by atoms with Gasteiger partial charge in [-0.2, -0.15) is 13.2 Å². The highest BCUT2D eigenvalue weighted by Crippen LogP contribution is 2.31. The summed E-state index contributed by atoms with van der Waals surface area (Å²) in [5.41, 5.74) is -1.80. The Labute approximate surface area is 76.5 Å². The summed E-state index contributed by atoms with van der Waals surface area (Å²) in [4.78, 5) is 12.4. The molecule has 0 N–H and O–H groups in total. The Bertz CT molecular complexity index is 376. The number of nitrogens with zero attached hydrogens (tertiary/aromatic N) is 2. The summed E-state index contributed by atoms with van der Waals surface area (Å²) in [5, 5.41) is 10.2. The molecule has 0 saturated carbocycles. The normalized spacial score (nSPS) is 11.4. The third-order valence-corrected chi connectivity index (χ3v) is 1.54. The second-order valence-electron chi connectivity index (χ2n) is 2.61. The smallest absolute Gasteiger partial charge is 0.258 e. The fourth-order valence-electron chi connectivity index (χ4n) is 0.957. The van der Waals surface area contributed by atoms with Crippen LogP contribution in [0.4, 0.5) is 18.9 Å². The largest absolute Gasteiger partial charge is 0.433 e. The van der Waals surface area contributed by atoms with Crippen LogP contribution in [0.3, 0.4) is 0 Å². The molecule has 0 unspecified atom stereocenters. The van der Waals surface area contributed by atoms with E-state index in [9.17, 15) is 23.3 Å². The molecule has 0 radical (unpaired) electrons. The number of alkyl halides is 3. The Hall–Kier alpha value is -1.66. The third-order valence-electron chi connectivity index (χ3n) is 1.54. The molecule has 0 fully saturated rings. The molecule has 0 saturated heterocycles. The summed E-state index contributed by atoms with van der Waals surface area (Å²) in [7, 11) is 0. The van der Waals surface area contributed by atoms with Crippen molar-refractivity contribution in [3.05, 3.63) is 33.6 Å². The minimum absolute atomic E-state index is 0.258. The third kappa shape index (κ3) is 1.98. The van der Waals surface area contributed by atoms with Crippen molar-refractivity contribution >= 4 is 5.69 Å². The number of nitro groups is 1. The lowest BCUT2D eigenvalue weighted by Gasteiger charge is -2.07. The second kappa shape index (κ2) is 3.24. The molecule has 0 aliphatic carbocycles. The van der Waals surface area contributed by atoms with Crippen LogP contribution in [0.5, 0.6) is 0 Å². The molecule has 0 bridgehead atoms. The predicted octanol–water partition coefficient (Wildman–Crippen LogP) is 2.32. The molecule has 76 valence electrons. The van der Waals surface area contributed by atoms with Gasteiger partial charge in [-0.15, -0.1) is 0 Å². The van der Waals surface area contributed by atoms with Crippen LogP contribution in [0.1, 0.15) is 11.3 Å². The van der Waals surface area contributed by atoms with Crippen molar-refractivity contribution in [2.75, 3.05) is 0 Å². The lowest BCUT2D eigenvalue weighted by Crippen LogP contribution is -2.10. The summed E-state index contributed by atoms with van der Waals surface area (Å²) >= 11 is 0. The van der Waals surface area contributed by atoms with Gasteiger partial charge in [-0.25, -0.2) is 4.98 Å². The number of hydrogen-bond donors (Lipinski definition) is 0. The summed E-state index contributed by atoms with van der Waals surface area (Å²) in [6.45, 7) is 1.13. The van der Waals surface area contributed by atoms with Crippen LogP contribution in [0.25, 0.3) is 0 Å². The molecular weight excluding hydrogens is 201 g/mol. The molecule has 1 aromatic heterocycles. The van der Waals surface area contributed by atoms with E-state index in [0.717, 1.165) is 13.0 Å². The Kier molecular flexibility index (Phi) is 2.41. The Morgan fingerprint density at radius 2 is 2.07 bits per heavy atom. The van der Waals surface area contributed by atoms with E-state index in [-0.39, 0.29) is 5.56 Å². The molecule has 14 heavy (non-hydrogen) atoms. The topological polar surface area (TPSA) is 56.0 Å². The molecule has 1 heterocycles. The van der Waals surface area contributed by atoms with Crippen LogP contribution in [-0.2, 0) is 6.18 Å². The van der Waals surface area contributed by atoms with Crippen LogP contribution in [-0.4, -0.2) is 9.91 Å². The number of hydrogen-bond acceptors (Lipinski definition) is 3. The van der Waals surface area contributed by atoms with Crippen LogP contribution in [0.2, 0.25) is 0 Å². The van der Waals surface area contributed by atoms with E-state index in [1.807, 2.05) is 0 Å². The number of pyridine rings is 1. The highest BCUT2D eigenvalue weighted by Gasteiger charge is 2.34. The van der Waals surface area contributed by atoms with Gasteiger partial charge in [-0.3, -0.25) is 10.1 Å². The maximum Gasteiger partial charge on any atom is 0.433 e. The summed E-state index contributed by atoms with van der Waals surface area (Å²) < 4.78 is 36.4. The van der Waals surface area contributed by atoms with Crippen molar-refractivity contribution in [2.45, 2.75) is 13.1 Å². The number of aromatic nitrogens is 1. The van der Waals surface area contributed by atoms with Gasteiger partial charge < -0.3 is 0 Å². The number of rotatable bonds is 1. The van der Waals surface area contributed by atoms with Crippen LogP contribution >= 0.6 is 0 Å². The van der Waals surface area contributed by atoms with Gasteiger partial charge in [0.1, 0.15) is 11.9 Å². The predicted molar refractivity (Wildman–Crippen MR) is 40.6 cm³/mol. The minimum atomic E-state index is -4.57. The van der Waals surface area contributed by atoms with Crippen molar-refractivity contribution in [3.8, 4) is 0 Å². The molecular formula is C7H5F3N2O2. The second-order valence-corrected chi connectivity index (χ2v) is 2.61. The maximum atomic E-state index is 12.1. The van der Waals surface area contributed by atoms with Crippen molar-refractivity contribution < 1.29 is 18.1 Å². The van der Waals surface area contributed by atoms with Gasteiger partial charge in [0.05, 0.1) is 4.92 Å². The summed E-state index contributed by atoms with van der Waals surface area (Å²) in [6.07, 6.45) is -3.98. The monoisotopic (exact) mass is 206 g/mol. The molecule has 0 amide bonds. The van der Waals surface area contributed by atoms with Gasteiger partial charge >= 0.3 is 6.18 Å². The molecule has 4 nitrogen and oxygen atoms in total. The number of halogens is 3. The van der Waals surface area contributed by atoms with Gasteiger partial charge in [0.25, 0.3) is 5.69 Å². The first-order valence-corrected chi connectivity index (χ1v) is 3.50. The Morgan fingerprint density at radius 3 is 2.43 bits per heavy atom. The van der Waals surface area contributed by atoms with Crippen LogP contribution in [0.15, 0.2) is 12.3 Å². The van der Waals surface area contributed by atoms with Gasteiger partial charge in [0.15, 0.2) is 0 Å². The Balaban J connectivity index is 3.21. The van der Waals surface area contributed by atoms with E-state index >= 15 is 0 Å². The molecule has 1 aromatic rings. The van der Waals surface area contributed by atoms with E-state index in [2.05, 4.69) is 4.98 Å². The minimum Gasteiger partial charge on any atom is -0.258 e. The fourth-order valence-corrected chi connectivity index (χ4v) is 0.957. The van der Waals surface area contributed by atoms with Gasteiger partial charge in [-0.1, -0.05) is 0 Å².